The van der Waals surface area contributed by atoms with Crippen molar-refractivity contribution in [1.29, 1.82) is 0 Å². The Bertz CT molecular complexity index is 460. The molecule has 0 spiro atoms. The van der Waals surface area contributed by atoms with Crippen molar-refractivity contribution in [2.24, 2.45) is 5.92 Å². The van der Waals surface area contributed by atoms with E-state index in [4.69, 9.17) is 14.2 Å². The van der Waals surface area contributed by atoms with Crippen molar-refractivity contribution >= 4 is 0 Å². The van der Waals surface area contributed by atoms with Crippen LogP contribution in [0.15, 0.2) is 24.3 Å². The minimum absolute atomic E-state index is 0.506. The summed E-state index contributed by atoms with van der Waals surface area (Å²) in [6.07, 6.45) is 3.85. The molecule has 1 aliphatic carbocycles. The number of hydrogen-bond donors (Lipinski definition) is 2. The average molecular weight is 320 g/mol. The summed E-state index contributed by atoms with van der Waals surface area (Å²) >= 11 is 0. The molecule has 5 nitrogen and oxygen atoms in total. The van der Waals surface area contributed by atoms with Crippen molar-refractivity contribution in [1.82, 2.24) is 10.6 Å². The van der Waals surface area contributed by atoms with Crippen LogP contribution >= 0.6 is 0 Å². The number of nitrogens with one attached hydrogen (secondary N) is 2. The van der Waals surface area contributed by atoms with Gasteiger partial charge in [0.25, 0.3) is 0 Å². The van der Waals surface area contributed by atoms with Crippen molar-refractivity contribution in [3.05, 3.63) is 24.3 Å². The maximum absolute atomic E-state index is 5.79. The van der Waals surface area contributed by atoms with Gasteiger partial charge in [0.15, 0.2) is 0 Å². The zero-order valence-corrected chi connectivity index (χ0v) is 13.9. The molecule has 3 rings (SSSR count). The third kappa shape index (κ3) is 4.59. The molecule has 23 heavy (non-hydrogen) atoms. The third-order valence-corrected chi connectivity index (χ3v) is 4.87. The fraction of sp³-hybridized carbons (Fsp3) is 0.667. The van der Waals surface area contributed by atoms with Crippen LogP contribution in [0, 0.1) is 5.92 Å². The molecule has 0 radical (unpaired) electrons. The molecule has 2 fully saturated rings. The van der Waals surface area contributed by atoms with Gasteiger partial charge < -0.3 is 24.8 Å². The molecular formula is C18H28N2O3. The summed E-state index contributed by atoms with van der Waals surface area (Å²) in [7, 11) is 1.67. The largest absolute Gasteiger partial charge is 0.497 e. The Hall–Kier alpha value is -1.30. The van der Waals surface area contributed by atoms with Crippen molar-refractivity contribution in [3.8, 4) is 11.5 Å². The molecule has 1 aliphatic heterocycles. The van der Waals surface area contributed by atoms with Gasteiger partial charge >= 0.3 is 0 Å². The van der Waals surface area contributed by atoms with Crippen LogP contribution < -0.4 is 20.1 Å². The van der Waals surface area contributed by atoms with Crippen molar-refractivity contribution in [3.63, 3.8) is 0 Å². The highest BCUT2D eigenvalue weighted by atomic mass is 16.5. The summed E-state index contributed by atoms with van der Waals surface area (Å²) in [5, 5.41) is 7.29. The molecule has 0 bridgehead atoms. The predicted octanol–water partition coefficient (Wildman–Crippen LogP) is 1.82. The first-order valence-corrected chi connectivity index (χ1v) is 8.68. The molecule has 1 saturated carbocycles. The number of morpholine rings is 1. The van der Waals surface area contributed by atoms with Gasteiger partial charge in [-0.2, -0.15) is 0 Å². The second-order valence-corrected chi connectivity index (χ2v) is 6.31. The maximum atomic E-state index is 5.79. The van der Waals surface area contributed by atoms with Crippen LogP contribution in [0.2, 0.25) is 0 Å². The normalized spacial score (nSPS) is 27.8. The van der Waals surface area contributed by atoms with Gasteiger partial charge in [0, 0.05) is 25.2 Å². The van der Waals surface area contributed by atoms with Crippen LogP contribution in [0.25, 0.3) is 0 Å². The van der Waals surface area contributed by atoms with E-state index in [-0.39, 0.29) is 0 Å². The summed E-state index contributed by atoms with van der Waals surface area (Å²) in [5.41, 5.74) is 0. The molecular weight excluding hydrogens is 292 g/mol. The van der Waals surface area contributed by atoms with Gasteiger partial charge in [-0.15, -0.1) is 0 Å². The molecule has 1 aromatic carbocycles. The summed E-state index contributed by atoms with van der Waals surface area (Å²) in [6.45, 7) is 4.24. The van der Waals surface area contributed by atoms with Gasteiger partial charge in [0.05, 0.1) is 20.3 Å². The number of methoxy groups -OCH3 is 1. The number of rotatable bonds is 7. The first-order valence-electron chi connectivity index (χ1n) is 8.68. The summed E-state index contributed by atoms with van der Waals surface area (Å²) in [4.78, 5) is 0. The zero-order valence-electron chi connectivity index (χ0n) is 13.9. The van der Waals surface area contributed by atoms with Crippen LogP contribution in [0.1, 0.15) is 19.3 Å². The Morgan fingerprint density at radius 2 is 2.04 bits per heavy atom. The van der Waals surface area contributed by atoms with Gasteiger partial charge in [-0.1, -0.05) is 6.42 Å². The molecule has 128 valence electrons. The van der Waals surface area contributed by atoms with Crippen LogP contribution in [-0.4, -0.2) is 52.1 Å². The molecule has 2 N–H and O–H groups in total. The Morgan fingerprint density at radius 1 is 1.22 bits per heavy atom. The van der Waals surface area contributed by atoms with E-state index in [1.807, 2.05) is 24.3 Å². The van der Waals surface area contributed by atoms with Crippen LogP contribution in [0.4, 0.5) is 0 Å². The van der Waals surface area contributed by atoms with E-state index in [0.29, 0.717) is 24.6 Å². The lowest BCUT2D eigenvalue weighted by Crippen LogP contribution is -2.51. The van der Waals surface area contributed by atoms with Crippen LogP contribution in [0.3, 0.4) is 0 Å². The second-order valence-electron chi connectivity index (χ2n) is 6.31. The Kier molecular flexibility index (Phi) is 6.13. The molecule has 3 unspecified atom stereocenters. The summed E-state index contributed by atoms with van der Waals surface area (Å²) in [5.74, 6) is 2.42. The molecule has 0 amide bonds. The number of hydrogen-bond acceptors (Lipinski definition) is 5. The molecule has 3 atom stereocenters. The molecule has 5 heteroatoms. The Labute approximate surface area is 138 Å². The minimum atomic E-state index is 0.506. The molecule has 1 aromatic rings. The minimum Gasteiger partial charge on any atom is -0.497 e. The van der Waals surface area contributed by atoms with Gasteiger partial charge in [0.2, 0.25) is 0 Å². The monoisotopic (exact) mass is 320 g/mol. The van der Waals surface area contributed by atoms with Gasteiger partial charge in [0.1, 0.15) is 18.1 Å². The lowest BCUT2D eigenvalue weighted by atomic mass is 9.94. The highest BCUT2D eigenvalue weighted by molar-refractivity contribution is 5.31. The fourth-order valence-electron chi connectivity index (χ4n) is 3.67. The highest BCUT2D eigenvalue weighted by Crippen LogP contribution is 2.29. The predicted molar refractivity (Wildman–Crippen MR) is 90.2 cm³/mol. The van der Waals surface area contributed by atoms with Gasteiger partial charge in [-0.3, -0.25) is 0 Å². The number of ether oxygens (including phenoxy) is 3. The average Bonchev–Trinajstić information content (AvgIpc) is 3.08. The molecule has 1 saturated heterocycles. The smallest absolute Gasteiger partial charge is 0.119 e. The van der Waals surface area contributed by atoms with Crippen LogP contribution in [0.5, 0.6) is 11.5 Å². The Balaban J connectivity index is 1.39. The van der Waals surface area contributed by atoms with E-state index in [0.717, 1.165) is 37.8 Å². The van der Waals surface area contributed by atoms with Crippen molar-refractivity contribution in [2.45, 2.75) is 31.3 Å². The standard InChI is InChI=1S/C18H28N2O3/c1-21-14-5-7-15(8-6-14)23-12-10-19-17-4-2-3-16(17)18-13-22-11-9-20-18/h5-8,16-20H,2-4,9-13H2,1H3. The van der Waals surface area contributed by atoms with E-state index >= 15 is 0 Å². The van der Waals surface area contributed by atoms with E-state index in [1.54, 1.807) is 7.11 Å². The van der Waals surface area contributed by atoms with E-state index in [2.05, 4.69) is 10.6 Å². The molecule has 0 aromatic heterocycles. The van der Waals surface area contributed by atoms with Crippen molar-refractivity contribution in [2.75, 3.05) is 40.0 Å². The van der Waals surface area contributed by atoms with E-state index in [1.165, 1.54) is 19.3 Å². The van der Waals surface area contributed by atoms with Crippen LogP contribution in [-0.2, 0) is 4.74 Å². The number of benzene rings is 1. The summed E-state index contributed by atoms with van der Waals surface area (Å²) in [6, 6.07) is 8.82. The second kappa shape index (κ2) is 8.52. The topological polar surface area (TPSA) is 51.8 Å². The van der Waals surface area contributed by atoms with Gasteiger partial charge in [-0.25, -0.2) is 0 Å². The first-order chi connectivity index (χ1) is 11.4. The molecule has 1 heterocycles. The van der Waals surface area contributed by atoms with E-state index in [9.17, 15) is 0 Å². The SMILES string of the molecule is COc1ccc(OCCNC2CCCC2C2COCCN2)cc1. The quantitative estimate of drug-likeness (QED) is 0.751. The highest BCUT2D eigenvalue weighted by Gasteiger charge is 2.34. The first kappa shape index (κ1) is 16.6. The third-order valence-electron chi connectivity index (χ3n) is 4.87. The lowest BCUT2D eigenvalue weighted by Gasteiger charge is -2.33. The zero-order chi connectivity index (χ0) is 15.9. The maximum Gasteiger partial charge on any atom is 0.119 e. The van der Waals surface area contributed by atoms with Crippen molar-refractivity contribution < 1.29 is 14.2 Å². The van der Waals surface area contributed by atoms with E-state index < -0.39 is 0 Å². The Morgan fingerprint density at radius 3 is 2.78 bits per heavy atom. The lowest BCUT2D eigenvalue weighted by molar-refractivity contribution is 0.0523. The summed E-state index contributed by atoms with van der Waals surface area (Å²) < 4.78 is 16.6. The van der Waals surface area contributed by atoms with Gasteiger partial charge in [-0.05, 0) is 43.0 Å². The fourth-order valence-corrected chi connectivity index (χ4v) is 3.67. The molecule has 2 aliphatic rings.